The van der Waals surface area contributed by atoms with Crippen molar-refractivity contribution in [3.05, 3.63) is 109 Å². The molecule has 3 aromatic carbocycles. The SMILES string of the molecule is Cc1ccc2nc(-c3cn(S(=O)(=O)c4ccccc4)c4ncccc34)cc(-c3cccc(O)c3)c2c1. The maximum Gasteiger partial charge on any atom is 0.269 e. The van der Waals surface area contributed by atoms with E-state index in [1.165, 1.54) is 3.97 Å². The first-order valence-corrected chi connectivity index (χ1v) is 12.8. The minimum absolute atomic E-state index is 0.168. The van der Waals surface area contributed by atoms with Crippen molar-refractivity contribution in [3.8, 4) is 28.1 Å². The molecule has 0 bridgehead atoms. The van der Waals surface area contributed by atoms with Gasteiger partial charge in [-0.25, -0.2) is 22.4 Å². The zero-order valence-electron chi connectivity index (χ0n) is 19.3. The van der Waals surface area contributed by atoms with E-state index < -0.39 is 10.0 Å². The minimum atomic E-state index is -3.88. The van der Waals surface area contributed by atoms with E-state index in [1.54, 1.807) is 67.0 Å². The number of benzene rings is 3. The van der Waals surface area contributed by atoms with Crippen molar-refractivity contribution < 1.29 is 13.5 Å². The van der Waals surface area contributed by atoms with E-state index in [2.05, 4.69) is 11.1 Å². The summed E-state index contributed by atoms with van der Waals surface area (Å²) >= 11 is 0. The normalized spacial score (nSPS) is 11.8. The maximum atomic E-state index is 13.5. The molecular weight excluding hydrogens is 470 g/mol. The lowest BCUT2D eigenvalue weighted by molar-refractivity contribution is 0.475. The first-order valence-electron chi connectivity index (χ1n) is 11.4. The van der Waals surface area contributed by atoms with E-state index >= 15 is 0 Å². The molecule has 0 atom stereocenters. The third-order valence-electron chi connectivity index (χ3n) is 6.23. The summed E-state index contributed by atoms with van der Waals surface area (Å²) in [4.78, 5) is 9.51. The molecular formula is C29H21N3O3S. The van der Waals surface area contributed by atoms with Gasteiger partial charge in [-0.05, 0) is 72.6 Å². The second-order valence-electron chi connectivity index (χ2n) is 8.66. The predicted molar refractivity (Wildman–Crippen MR) is 141 cm³/mol. The highest BCUT2D eigenvalue weighted by molar-refractivity contribution is 7.90. The molecule has 0 saturated heterocycles. The average Bonchev–Trinajstić information content (AvgIpc) is 3.29. The van der Waals surface area contributed by atoms with Crippen LogP contribution in [-0.4, -0.2) is 27.5 Å². The molecule has 7 heteroatoms. The molecule has 36 heavy (non-hydrogen) atoms. The molecule has 1 N–H and O–H groups in total. The molecule has 0 aliphatic carbocycles. The summed E-state index contributed by atoms with van der Waals surface area (Å²) in [6.07, 6.45) is 3.17. The van der Waals surface area contributed by atoms with Crippen molar-refractivity contribution in [1.82, 2.24) is 13.9 Å². The number of phenols is 1. The number of hydrogen-bond acceptors (Lipinski definition) is 5. The lowest BCUT2D eigenvalue weighted by Crippen LogP contribution is -2.12. The molecule has 176 valence electrons. The second-order valence-corrected chi connectivity index (χ2v) is 10.5. The van der Waals surface area contributed by atoms with Crippen molar-refractivity contribution in [2.75, 3.05) is 0 Å². The van der Waals surface area contributed by atoms with E-state index in [0.29, 0.717) is 22.3 Å². The van der Waals surface area contributed by atoms with E-state index in [0.717, 1.165) is 27.6 Å². The van der Waals surface area contributed by atoms with Gasteiger partial charge in [-0.3, -0.25) is 0 Å². The number of fused-ring (bicyclic) bond motifs is 2. The Morgan fingerprint density at radius 1 is 0.806 bits per heavy atom. The lowest BCUT2D eigenvalue weighted by Gasteiger charge is -2.11. The number of hydrogen-bond donors (Lipinski definition) is 1. The first kappa shape index (κ1) is 22.0. The van der Waals surface area contributed by atoms with Crippen LogP contribution in [0, 0.1) is 6.92 Å². The van der Waals surface area contributed by atoms with Gasteiger partial charge in [0.05, 0.1) is 16.1 Å². The predicted octanol–water partition coefficient (Wildman–Crippen LogP) is 6.17. The summed E-state index contributed by atoms with van der Waals surface area (Å²) in [5, 5.41) is 11.8. The Balaban J connectivity index is 1.65. The fourth-order valence-electron chi connectivity index (χ4n) is 4.51. The quantitative estimate of drug-likeness (QED) is 0.319. The van der Waals surface area contributed by atoms with Crippen LogP contribution in [0.4, 0.5) is 0 Å². The number of pyridine rings is 2. The summed E-state index contributed by atoms with van der Waals surface area (Å²) < 4.78 is 28.3. The van der Waals surface area contributed by atoms with E-state index in [-0.39, 0.29) is 10.6 Å². The number of aromatic nitrogens is 3. The summed E-state index contributed by atoms with van der Waals surface area (Å²) in [7, 11) is -3.88. The van der Waals surface area contributed by atoms with Gasteiger partial charge >= 0.3 is 0 Å². The monoisotopic (exact) mass is 491 g/mol. The zero-order chi connectivity index (χ0) is 24.9. The Hall–Kier alpha value is -4.49. The highest BCUT2D eigenvalue weighted by Crippen LogP contribution is 2.37. The molecule has 3 aromatic heterocycles. The van der Waals surface area contributed by atoms with Crippen molar-refractivity contribution in [3.63, 3.8) is 0 Å². The van der Waals surface area contributed by atoms with Gasteiger partial charge in [-0.2, -0.15) is 0 Å². The summed E-state index contributed by atoms with van der Waals surface area (Å²) in [6.45, 7) is 2.02. The van der Waals surface area contributed by atoms with Crippen LogP contribution in [0.2, 0.25) is 0 Å². The van der Waals surface area contributed by atoms with Crippen LogP contribution in [0.1, 0.15) is 5.56 Å². The first-order chi connectivity index (χ1) is 17.4. The maximum absolute atomic E-state index is 13.5. The third-order valence-corrected chi connectivity index (χ3v) is 7.89. The Morgan fingerprint density at radius 2 is 1.64 bits per heavy atom. The van der Waals surface area contributed by atoms with Crippen LogP contribution < -0.4 is 0 Å². The molecule has 0 saturated carbocycles. The van der Waals surface area contributed by atoms with Crippen molar-refractivity contribution in [2.24, 2.45) is 0 Å². The van der Waals surface area contributed by atoms with Crippen LogP contribution in [0.25, 0.3) is 44.3 Å². The number of rotatable bonds is 4. The molecule has 0 spiro atoms. The highest BCUT2D eigenvalue weighted by Gasteiger charge is 2.23. The van der Waals surface area contributed by atoms with Crippen LogP contribution >= 0.6 is 0 Å². The standard InChI is InChI=1S/C29H21N3O3S/c1-19-12-13-27-25(15-19)24(20-7-5-8-21(33)16-20)17-28(31-27)26-18-32(29-23(26)11-6-14-30-29)36(34,35)22-9-3-2-4-10-22/h2-18,33H,1H3. The highest BCUT2D eigenvalue weighted by atomic mass is 32.2. The Morgan fingerprint density at radius 3 is 2.44 bits per heavy atom. The van der Waals surface area contributed by atoms with Crippen molar-refractivity contribution in [1.29, 1.82) is 0 Å². The fraction of sp³-hybridized carbons (Fsp3) is 0.0345. The van der Waals surface area contributed by atoms with E-state index in [4.69, 9.17) is 4.98 Å². The number of aromatic hydroxyl groups is 1. The molecule has 0 unspecified atom stereocenters. The molecule has 0 fully saturated rings. The van der Waals surface area contributed by atoms with Gasteiger partial charge < -0.3 is 5.11 Å². The second kappa shape index (κ2) is 8.32. The molecule has 0 amide bonds. The van der Waals surface area contributed by atoms with Crippen LogP contribution in [0.3, 0.4) is 0 Å². The number of aryl methyl sites for hydroxylation is 1. The molecule has 0 radical (unpaired) electrons. The molecule has 6 rings (SSSR count). The number of nitrogens with zero attached hydrogens (tertiary/aromatic N) is 3. The van der Waals surface area contributed by atoms with Crippen LogP contribution in [-0.2, 0) is 10.0 Å². The van der Waals surface area contributed by atoms with E-state index in [9.17, 15) is 13.5 Å². The molecule has 0 aliphatic rings. The molecule has 6 aromatic rings. The zero-order valence-corrected chi connectivity index (χ0v) is 20.1. The lowest BCUT2D eigenvalue weighted by atomic mass is 9.97. The van der Waals surface area contributed by atoms with Gasteiger partial charge in [0.1, 0.15) is 5.75 Å². The summed E-state index contributed by atoms with van der Waals surface area (Å²) in [5.41, 5.74) is 5.20. The average molecular weight is 492 g/mol. The van der Waals surface area contributed by atoms with E-state index in [1.807, 2.05) is 37.3 Å². The van der Waals surface area contributed by atoms with Gasteiger partial charge in [0, 0.05) is 28.7 Å². The Labute approximate surface area is 208 Å². The van der Waals surface area contributed by atoms with Crippen LogP contribution in [0.5, 0.6) is 5.75 Å². The molecule has 3 heterocycles. The smallest absolute Gasteiger partial charge is 0.269 e. The Kier molecular flexibility index (Phi) is 5.09. The largest absolute Gasteiger partial charge is 0.508 e. The number of phenolic OH excluding ortho intramolecular Hbond substituents is 1. The van der Waals surface area contributed by atoms with Crippen molar-refractivity contribution >= 4 is 32.0 Å². The third kappa shape index (κ3) is 3.61. The Bertz CT molecular complexity index is 1880. The van der Waals surface area contributed by atoms with Gasteiger partial charge in [-0.15, -0.1) is 0 Å². The minimum Gasteiger partial charge on any atom is -0.508 e. The van der Waals surface area contributed by atoms with Crippen molar-refractivity contribution in [2.45, 2.75) is 11.8 Å². The van der Waals surface area contributed by atoms with Gasteiger partial charge in [0.25, 0.3) is 10.0 Å². The fourth-order valence-corrected chi connectivity index (χ4v) is 5.86. The summed E-state index contributed by atoms with van der Waals surface area (Å²) in [5.74, 6) is 0.168. The van der Waals surface area contributed by atoms with Gasteiger partial charge in [-0.1, -0.05) is 42.0 Å². The summed E-state index contributed by atoms with van der Waals surface area (Å²) in [6, 6.07) is 27.0. The topological polar surface area (TPSA) is 85.1 Å². The van der Waals surface area contributed by atoms with Crippen LogP contribution in [0.15, 0.2) is 108 Å². The van der Waals surface area contributed by atoms with Gasteiger partial charge in [0.2, 0.25) is 0 Å². The molecule has 0 aliphatic heterocycles. The molecule has 6 nitrogen and oxygen atoms in total. The van der Waals surface area contributed by atoms with Gasteiger partial charge in [0.15, 0.2) is 5.65 Å².